The van der Waals surface area contributed by atoms with E-state index in [2.05, 4.69) is 0 Å². The summed E-state index contributed by atoms with van der Waals surface area (Å²) in [5.41, 5.74) is 6.36. The van der Waals surface area contributed by atoms with Crippen LogP contribution < -0.4 is 5.73 Å². The summed E-state index contributed by atoms with van der Waals surface area (Å²) in [6.45, 7) is 0. The third-order valence-corrected chi connectivity index (χ3v) is 3.18. The van der Waals surface area contributed by atoms with Crippen LogP contribution >= 0.6 is 11.6 Å². The van der Waals surface area contributed by atoms with E-state index in [0.29, 0.717) is 12.0 Å². The zero-order chi connectivity index (χ0) is 11.1. The summed E-state index contributed by atoms with van der Waals surface area (Å²) in [4.78, 5) is 0. The second-order valence-electron chi connectivity index (χ2n) is 4.26. The quantitative estimate of drug-likeness (QED) is 0.837. The standard InChI is InChI=1S/C11H13ClFNO/c12-9-6-8(13)5-7(10(9)15)1-2-11(14)3-4-11/h5-6,15H,1-4,14H2. The molecule has 0 aromatic heterocycles. The molecule has 2 nitrogen and oxygen atoms in total. The Labute approximate surface area is 92.9 Å². The molecule has 0 heterocycles. The van der Waals surface area contributed by atoms with Crippen LogP contribution in [0.3, 0.4) is 0 Å². The first kappa shape index (κ1) is 10.7. The second kappa shape index (κ2) is 3.65. The van der Waals surface area contributed by atoms with Crippen molar-refractivity contribution in [1.82, 2.24) is 0 Å². The number of rotatable bonds is 3. The van der Waals surface area contributed by atoms with Crippen molar-refractivity contribution >= 4 is 11.6 Å². The fraction of sp³-hybridized carbons (Fsp3) is 0.455. The van der Waals surface area contributed by atoms with Crippen LogP contribution in [0.5, 0.6) is 5.75 Å². The van der Waals surface area contributed by atoms with Crippen molar-refractivity contribution in [2.24, 2.45) is 5.73 Å². The zero-order valence-corrected chi connectivity index (χ0v) is 9.02. The lowest BCUT2D eigenvalue weighted by Gasteiger charge is -2.10. The lowest BCUT2D eigenvalue weighted by atomic mass is 10.0. The maximum absolute atomic E-state index is 13.0. The highest BCUT2D eigenvalue weighted by molar-refractivity contribution is 6.32. The first-order valence-corrected chi connectivity index (χ1v) is 5.34. The van der Waals surface area contributed by atoms with Crippen molar-refractivity contribution in [1.29, 1.82) is 0 Å². The maximum atomic E-state index is 13.0. The van der Waals surface area contributed by atoms with Crippen LogP contribution in [0.4, 0.5) is 4.39 Å². The lowest BCUT2D eigenvalue weighted by molar-refractivity contribution is 0.462. The highest BCUT2D eigenvalue weighted by atomic mass is 35.5. The van der Waals surface area contributed by atoms with E-state index in [1.165, 1.54) is 6.07 Å². The molecule has 0 spiro atoms. The Balaban J connectivity index is 2.13. The van der Waals surface area contributed by atoms with Gasteiger partial charge in [-0.2, -0.15) is 0 Å². The fourth-order valence-corrected chi connectivity index (χ4v) is 1.83. The molecule has 4 heteroatoms. The van der Waals surface area contributed by atoms with Gasteiger partial charge in [0.2, 0.25) is 0 Å². The average molecular weight is 230 g/mol. The summed E-state index contributed by atoms with van der Waals surface area (Å²) in [7, 11) is 0. The highest BCUT2D eigenvalue weighted by Crippen LogP contribution is 2.38. The molecular weight excluding hydrogens is 217 g/mol. The molecule has 0 saturated heterocycles. The van der Waals surface area contributed by atoms with E-state index in [9.17, 15) is 9.50 Å². The van der Waals surface area contributed by atoms with E-state index >= 15 is 0 Å². The molecule has 3 N–H and O–H groups in total. The van der Waals surface area contributed by atoms with Crippen molar-refractivity contribution in [3.8, 4) is 5.75 Å². The minimum absolute atomic E-state index is 0.0256. The van der Waals surface area contributed by atoms with Gasteiger partial charge >= 0.3 is 0 Å². The SMILES string of the molecule is NC1(CCc2cc(F)cc(Cl)c2O)CC1. The van der Waals surface area contributed by atoms with Crippen molar-refractivity contribution in [2.75, 3.05) is 0 Å². The molecule has 0 aliphatic heterocycles. The van der Waals surface area contributed by atoms with Gasteiger partial charge in [0.1, 0.15) is 11.6 Å². The number of hydrogen-bond donors (Lipinski definition) is 2. The minimum atomic E-state index is -0.422. The monoisotopic (exact) mass is 229 g/mol. The van der Waals surface area contributed by atoms with Gasteiger partial charge in [-0.1, -0.05) is 11.6 Å². The summed E-state index contributed by atoms with van der Waals surface area (Å²) in [5, 5.41) is 9.66. The van der Waals surface area contributed by atoms with Crippen molar-refractivity contribution in [3.05, 3.63) is 28.5 Å². The molecule has 0 amide bonds. The van der Waals surface area contributed by atoms with Crippen molar-refractivity contribution < 1.29 is 9.50 Å². The van der Waals surface area contributed by atoms with E-state index in [0.717, 1.165) is 25.3 Å². The Bertz CT molecular complexity index is 390. The third-order valence-electron chi connectivity index (χ3n) is 2.89. The van der Waals surface area contributed by atoms with E-state index in [-0.39, 0.29) is 16.3 Å². The topological polar surface area (TPSA) is 46.2 Å². The number of aromatic hydroxyl groups is 1. The predicted molar refractivity (Wildman–Crippen MR) is 57.5 cm³/mol. The lowest BCUT2D eigenvalue weighted by Crippen LogP contribution is -2.22. The first-order valence-electron chi connectivity index (χ1n) is 4.96. The summed E-state index contributed by atoms with van der Waals surface area (Å²) in [6, 6.07) is 2.42. The summed E-state index contributed by atoms with van der Waals surface area (Å²) >= 11 is 5.66. The number of aryl methyl sites for hydroxylation is 1. The van der Waals surface area contributed by atoms with E-state index in [1.54, 1.807) is 0 Å². The number of nitrogens with two attached hydrogens (primary N) is 1. The molecule has 82 valence electrons. The van der Waals surface area contributed by atoms with Gasteiger partial charge in [-0.05, 0) is 43.4 Å². The molecule has 0 atom stereocenters. The molecule has 2 rings (SSSR count). The van der Waals surface area contributed by atoms with Crippen LogP contribution in [-0.4, -0.2) is 10.6 Å². The van der Waals surface area contributed by atoms with Gasteiger partial charge in [0.15, 0.2) is 0 Å². The molecule has 0 unspecified atom stereocenters. The summed E-state index contributed by atoms with van der Waals surface area (Å²) < 4.78 is 13.0. The van der Waals surface area contributed by atoms with Crippen LogP contribution in [0.2, 0.25) is 5.02 Å². The summed E-state index contributed by atoms with van der Waals surface area (Å²) in [5.74, 6) is -0.447. The van der Waals surface area contributed by atoms with Crippen LogP contribution in [0.1, 0.15) is 24.8 Å². The largest absolute Gasteiger partial charge is 0.506 e. The second-order valence-corrected chi connectivity index (χ2v) is 4.66. The predicted octanol–water partition coefficient (Wildman–Crippen LogP) is 2.61. The minimum Gasteiger partial charge on any atom is -0.506 e. The molecule has 0 radical (unpaired) electrons. The van der Waals surface area contributed by atoms with E-state index in [4.69, 9.17) is 17.3 Å². The molecule has 0 bridgehead atoms. The Morgan fingerprint density at radius 3 is 2.73 bits per heavy atom. The Kier molecular flexibility index (Phi) is 2.61. The first-order chi connectivity index (χ1) is 7.00. The highest BCUT2D eigenvalue weighted by Gasteiger charge is 2.37. The van der Waals surface area contributed by atoms with Crippen LogP contribution in [0.15, 0.2) is 12.1 Å². The summed E-state index contributed by atoms with van der Waals surface area (Å²) in [6.07, 6.45) is 3.35. The number of halogens is 2. The number of phenols is 1. The van der Waals surface area contributed by atoms with Crippen molar-refractivity contribution in [3.63, 3.8) is 0 Å². The number of phenolic OH excluding ortho intramolecular Hbond substituents is 1. The van der Waals surface area contributed by atoms with Gasteiger partial charge in [-0.25, -0.2) is 4.39 Å². The smallest absolute Gasteiger partial charge is 0.137 e. The molecule has 1 aliphatic rings. The van der Waals surface area contributed by atoms with Gasteiger partial charge in [0.25, 0.3) is 0 Å². The van der Waals surface area contributed by atoms with Crippen LogP contribution in [-0.2, 0) is 6.42 Å². The molecule has 1 aliphatic carbocycles. The molecule has 15 heavy (non-hydrogen) atoms. The Morgan fingerprint density at radius 1 is 1.47 bits per heavy atom. The normalized spacial score (nSPS) is 17.8. The van der Waals surface area contributed by atoms with E-state index < -0.39 is 5.82 Å². The van der Waals surface area contributed by atoms with Gasteiger partial charge in [-0.3, -0.25) is 0 Å². The maximum Gasteiger partial charge on any atom is 0.137 e. The van der Waals surface area contributed by atoms with Gasteiger partial charge in [0.05, 0.1) is 5.02 Å². The van der Waals surface area contributed by atoms with E-state index in [1.807, 2.05) is 0 Å². The Hall–Kier alpha value is -0.800. The molecule has 1 aromatic rings. The molecule has 1 fully saturated rings. The average Bonchev–Trinajstić information content (AvgIpc) is 2.88. The fourth-order valence-electron chi connectivity index (χ4n) is 1.60. The Morgan fingerprint density at radius 2 is 2.13 bits per heavy atom. The van der Waals surface area contributed by atoms with Crippen LogP contribution in [0.25, 0.3) is 0 Å². The zero-order valence-electron chi connectivity index (χ0n) is 8.26. The molecule has 1 saturated carbocycles. The molecule has 1 aromatic carbocycles. The van der Waals surface area contributed by atoms with Gasteiger partial charge < -0.3 is 10.8 Å². The number of hydrogen-bond acceptors (Lipinski definition) is 2. The third kappa shape index (κ3) is 2.41. The van der Waals surface area contributed by atoms with Gasteiger partial charge in [0, 0.05) is 5.54 Å². The molecular formula is C11H13ClFNO. The van der Waals surface area contributed by atoms with Gasteiger partial charge in [-0.15, -0.1) is 0 Å². The van der Waals surface area contributed by atoms with Crippen LogP contribution in [0, 0.1) is 5.82 Å². The number of benzene rings is 1. The van der Waals surface area contributed by atoms with Crippen molar-refractivity contribution in [2.45, 2.75) is 31.2 Å².